The number of carbonyl (C=O) groups excluding carboxylic acids is 1. The molecule has 1 amide bonds. The number of para-hydroxylation sites is 2. The van der Waals surface area contributed by atoms with Gasteiger partial charge < -0.3 is 10.3 Å². The van der Waals surface area contributed by atoms with E-state index in [1.165, 1.54) is 0 Å². The SMILES string of the molecule is Cc1cc(C)n2nc(C(=O)NC(Cc3ccccc3)c3nc4ccccc4[nH]3)nc2n1. The average Bonchev–Trinajstić information content (AvgIpc) is 3.38. The third kappa shape index (κ3) is 3.75. The number of hydrogen-bond donors (Lipinski definition) is 2. The molecule has 3 aromatic heterocycles. The van der Waals surface area contributed by atoms with Crippen molar-refractivity contribution in [3.05, 3.63) is 89.3 Å². The summed E-state index contributed by atoms with van der Waals surface area (Å²) in [5.41, 5.74) is 4.56. The van der Waals surface area contributed by atoms with Gasteiger partial charge in [0.25, 0.3) is 11.7 Å². The highest BCUT2D eigenvalue weighted by Crippen LogP contribution is 2.20. The lowest BCUT2D eigenvalue weighted by molar-refractivity contribution is 0.0924. The van der Waals surface area contributed by atoms with Crippen LogP contribution in [-0.2, 0) is 6.42 Å². The Bertz CT molecular complexity index is 1350. The molecule has 1 unspecified atom stereocenters. The molecular weight excluding hydrogens is 390 g/mol. The second-order valence-electron chi connectivity index (χ2n) is 7.54. The zero-order valence-electron chi connectivity index (χ0n) is 17.2. The first-order valence-corrected chi connectivity index (χ1v) is 10.1. The molecule has 0 saturated carbocycles. The smallest absolute Gasteiger partial charge is 0.291 e. The van der Waals surface area contributed by atoms with Crippen LogP contribution in [0.5, 0.6) is 0 Å². The fraction of sp³-hybridized carbons (Fsp3) is 0.174. The van der Waals surface area contributed by atoms with Crippen LogP contribution in [0.1, 0.15) is 39.4 Å². The van der Waals surface area contributed by atoms with Crippen LogP contribution in [0, 0.1) is 13.8 Å². The van der Waals surface area contributed by atoms with Crippen molar-refractivity contribution in [3.8, 4) is 0 Å². The number of nitrogens with one attached hydrogen (secondary N) is 2. The number of amides is 1. The Kier molecular flexibility index (Phi) is 4.66. The predicted octanol–water partition coefficient (Wildman–Crippen LogP) is 3.33. The molecule has 0 spiro atoms. The van der Waals surface area contributed by atoms with E-state index in [1.807, 2.05) is 74.5 Å². The van der Waals surface area contributed by atoms with Gasteiger partial charge in [0.15, 0.2) is 0 Å². The monoisotopic (exact) mass is 411 g/mol. The van der Waals surface area contributed by atoms with Crippen LogP contribution in [0.4, 0.5) is 0 Å². The number of carbonyl (C=O) groups is 1. The van der Waals surface area contributed by atoms with Gasteiger partial charge in [-0.15, -0.1) is 5.10 Å². The summed E-state index contributed by atoms with van der Waals surface area (Å²) < 4.78 is 1.58. The highest BCUT2D eigenvalue weighted by molar-refractivity contribution is 5.91. The Hall–Kier alpha value is -4.07. The van der Waals surface area contributed by atoms with Gasteiger partial charge in [0.1, 0.15) is 5.82 Å². The molecule has 0 aliphatic heterocycles. The highest BCUT2D eigenvalue weighted by atomic mass is 16.2. The molecule has 0 radical (unpaired) electrons. The summed E-state index contributed by atoms with van der Waals surface area (Å²) in [7, 11) is 0. The first-order valence-electron chi connectivity index (χ1n) is 10.1. The molecule has 2 aromatic carbocycles. The Labute approximate surface area is 178 Å². The first-order chi connectivity index (χ1) is 15.1. The van der Waals surface area contributed by atoms with Crippen LogP contribution in [-0.4, -0.2) is 35.5 Å². The number of fused-ring (bicyclic) bond motifs is 2. The molecular formula is C23H21N7O. The van der Waals surface area contributed by atoms with Gasteiger partial charge in [-0.2, -0.15) is 4.98 Å². The normalized spacial score (nSPS) is 12.3. The molecule has 0 saturated heterocycles. The number of imidazole rings is 1. The first kappa shape index (κ1) is 18.9. The molecule has 1 atom stereocenters. The van der Waals surface area contributed by atoms with Crippen LogP contribution >= 0.6 is 0 Å². The minimum atomic E-state index is -0.371. The highest BCUT2D eigenvalue weighted by Gasteiger charge is 2.23. The van der Waals surface area contributed by atoms with Gasteiger partial charge in [-0.05, 0) is 44.0 Å². The van der Waals surface area contributed by atoms with E-state index in [4.69, 9.17) is 4.98 Å². The zero-order valence-corrected chi connectivity index (χ0v) is 17.2. The number of aromatic amines is 1. The summed E-state index contributed by atoms with van der Waals surface area (Å²) >= 11 is 0. The average molecular weight is 411 g/mol. The molecule has 2 N–H and O–H groups in total. The summed E-state index contributed by atoms with van der Waals surface area (Å²) in [6.07, 6.45) is 0.580. The summed E-state index contributed by atoms with van der Waals surface area (Å²) in [6.45, 7) is 3.80. The fourth-order valence-electron chi connectivity index (χ4n) is 3.69. The quantitative estimate of drug-likeness (QED) is 0.462. The van der Waals surface area contributed by atoms with Crippen LogP contribution in [0.2, 0.25) is 0 Å². The summed E-state index contributed by atoms with van der Waals surface area (Å²) in [5, 5.41) is 7.41. The molecule has 0 fully saturated rings. The van der Waals surface area contributed by atoms with Crippen molar-refractivity contribution < 1.29 is 4.79 Å². The van der Waals surface area contributed by atoms with E-state index in [0.717, 1.165) is 28.0 Å². The number of rotatable bonds is 5. The van der Waals surface area contributed by atoms with Crippen molar-refractivity contribution in [2.45, 2.75) is 26.3 Å². The lowest BCUT2D eigenvalue weighted by Crippen LogP contribution is -2.31. The number of aromatic nitrogens is 6. The summed E-state index contributed by atoms with van der Waals surface area (Å²) in [5.74, 6) is 0.803. The second-order valence-corrected chi connectivity index (χ2v) is 7.54. The second kappa shape index (κ2) is 7.64. The molecule has 0 bridgehead atoms. The Morgan fingerprint density at radius 1 is 1.03 bits per heavy atom. The molecule has 154 valence electrons. The molecule has 0 aliphatic rings. The number of H-pyrrole nitrogens is 1. The van der Waals surface area contributed by atoms with Gasteiger partial charge in [-0.1, -0.05) is 42.5 Å². The molecule has 8 nitrogen and oxygen atoms in total. The molecule has 31 heavy (non-hydrogen) atoms. The van der Waals surface area contributed by atoms with Crippen molar-refractivity contribution >= 4 is 22.7 Å². The maximum absolute atomic E-state index is 13.1. The summed E-state index contributed by atoms with van der Waals surface area (Å²) in [4.78, 5) is 29.8. The largest absolute Gasteiger partial charge is 0.340 e. The van der Waals surface area contributed by atoms with Gasteiger partial charge in [0, 0.05) is 11.4 Å². The standard InChI is InChI=1S/C23H21N7O/c1-14-12-15(2)30-23(24-14)28-21(29-30)22(31)27-19(13-16-8-4-3-5-9-16)20-25-17-10-6-7-11-18(17)26-20/h3-12,19H,13H2,1-2H3,(H,25,26)(H,27,31). The maximum atomic E-state index is 13.1. The number of aryl methyl sites for hydroxylation is 2. The fourth-order valence-corrected chi connectivity index (χ4v) is 3.69. The number of hydrogen-bond acceptors (Lipinski definition) is 5. The van der Waals surface area contributed by atoms with Gasteiger partial charge in [-0.25, -0.2) is 14.5 Å². The van der Waals surface area contributed by atoms with Crippen LogP contribution in [0.15, 0.2) is 60.7 Å². The Morgan fingerprint density at radius 3 is 2.61 bits per heavy atom. The molecule has 3 heterocycles. The van der Waals surface area contributed by atoms with Crippen molar-refractivity contribution in [2.24, 2.45) is 0 Å². The van der Waals surface area contributed by atoms with Gasteiger partial charge >= 0.3 is 0 Å². The van der Waals surface area contributed by atoms with E-state index in [1.54, 1.807) is 4.52 Å². The van der Waals surface area contributed by atoms with Crippen molar-refractivity contribution in [1.29, 1.82) is 0 Å². The van der Waals surface area contributed by atoms with E-state index in [2.05, 4.69) is 25.4 Å². The molecule has 5 rings (SSSR count). The van der Waals surface area contributed by atoms with Crippen LogP contribution in [0.3, 0.4) is 0 Å². The van der Waals surface area contributed by atoms with E-state index in [9.17, 15) is 4.79 Å². The third-order valence-corrected chi connectivity index (χ3v) is 5.15. The lowest BCUT2D eigenvalue weighted by Gasteiger charge is -2.16. The Balaban J connectivity index is 1.49. The number of benzene rings is 2. The molecule has 8 heteroatoms. The minimum Gasteiger partial charge on any atom is -0.340 e. The van der Waals surface area contributed by atoms with E-state index in [0.29, 0.717) is 18.0 Å². The van der Waals surface area contributed by atoms with Gasteiger partial charge in [0.2, 0.25) is 5.82 Å². The molecule has 5 aromatic rings. The Morgan fingerprint density at radius 2 is 1.81 bits per heavy atom. The van der Waals surface area contributed by atoms with E-state index in [-0.39, 0.29) is 17.8 Å². The minimum absolute atomic E-state index is 0.0790. The topological polar surface area (TPSA) is 101 Å². The summed E-state index contributed by atoms with van der Waals surface area (Å²) in [6, 6.07) is 19.3. The van der Waals surface area contributed by atoms with Crippen molar-refractivity contribution in [2.75, 3.05) is 0 Å². The van der Waals surface area contributed by atoms with E-state index >= 15 is 0 Å². The zero-order chi connectivity index (χ0) is 21.4. The lowest BCUT2D eigenvalue weighted by atomic mass is 10.1. The van der Waals surface area contributed by atoms with Crippen LogP contribution in [0.25, 0.3) is 16.8 Å². The maximum Gasteiger partial charge on any atom is 0.291 e. The predicted molar refractivity (Wildman–Crippen MR) is 117 cm³/mol. The van der Waals surface area contributed by atoms with Gasteiger partial charge in [-0.3, -0.25) is 4.79 Å². The van der Waals surface area contributed by atoms with Crippen LogP contribution < -0.4 is 5.32 Å². The van der Waals surface area contributed by atoms with Gasteiger partial charge in [0.05, 0.1) is 17.1 Å². The molecule has 0 aliphatic carbocycles. The third-order valence-electron chi connectivity index (χ3n) is 5.15. The van der Waals surface area contributed by atoms with Crippen molar-refractivity contribution in [1.82, 2.24) is 34.9 Å². The van der Waals surface area contributed by atoms with Crippen molar-refractivity contribution in [3.63, 3.8) is 0 Å². The van der Waals surface area contributed by atoms with E-state index < -0.39 is 0 Å². The number of nitrogens with zero attached hydrogens (tertiary/aromatic N) is 5.